The molecule has 29 heavy (non-hydrogen) atoms. The van der Waals surface area contributed by atoms with Gasteiger partial charge in [-0.05, 0) is 44.0 Å². The van der Waals surface area contributed by atoms with Crippen molar-refractivity contribution in [2.24, 2.45) is 0 Å². The number of ether oxygens (including phenoxy) is 3. The lowest BCUT2D eigenvalue weighted by Gasteiger charge is -2.24. The van der Waals surface area contributed by atoms with Gasteiger partial charge in [-0.1, -0.05) is 11.6 Å². The predicted molar refractivity (Wildman–Crippen MR) is 110 cm³/mol. The summed E-state index contributed by atoms with van der Waals surface area (Å²) in [6.07, 6.45) is 4.07. The van der Waals surface area contributed by atoms with Gasteiger partial charge in [-0.15, -0.1) is 0 Å². The molecule has 1 aromatic heterocycles. The van der Waals surface area contributed by atoms with E-state index in [9.17, 15) is 4.39 Å². The number of nitrogens with one attached hydrogen (secondary N) is 1. The van der Waals surface area contributed by atoms with Crippen molar-refractivity contribution in [2.75, 3.05) is 18.5 Å². The zero-order valence-electron chi connectivity index (χ0n) is 16.0. The van der Waals surface area contributed by atoms with Gasteiger partial charge >= 0.3 is 0 Å². The highest BCUT2D eigenvalue weighted by molar-refractivity contribution is 6.31. The summed E-state index contributed by atoms with van der Waals surface area (Å²) in [4.78, 5) is 8.67. The summed E-state index contributed by atoms with van der Waals surface area (Å²) >= 11 is 5.89. The summed E-state index contributed by atoms with van der Waals surface area (Å²) in [5, 5.41) is 3.94. The summed E-state index contributed by atoms with van der Waals surface area (Å²) in [5.74, 6) is 1.24. The van der Waals surface area contributed by atoms with Crippen molar-refractivity contribution >= 4 is 34.0 Å². The zero-order valence-corrected chi connectivity index (χ0v) is 16.7. The first kappa shape index (κ1) is 19.7. The Bertz CT molecular complexity index is 1010. The summed E-state index contributed by atoms with van der Waals surface area (Å²) in [7, 11) is 0. The average Bonchev–Trinajstić information content (AvgIpc) is 2.73. The summed E-state index contributed by atoms with van der Waals surface area (Å²) in [6, 6.07) is 8.06. The molecule has 1 fully saturated rings. The minimum absolute atomic E-state index is 0.0328. The van der Waals surface area contributed by atoms with Crippen molar-refractivity contribution < 1.29 is 18.6 Å². The summed E-state index contributed by atoms with van der Waals surface area (Å²) in [5.41, 5.74) is 1.31. The van der Waals surface area contributed by atoms with Gasteiger partial charge in [0.25, 0.3) is 0 Å². The number of fused-ring (bicyclic) bond motifs is 1. The molecule has 1 saturated heterocycles. The lowest BCUT2D eigenvalue weighted by Crippen LogP contribution is -2.25. The van der Waals surface area contributed by atoms with Gasteiger partial charge in [-0.3, -0.25) is 0 Å². The van der Waals surface area contributed by atoms with Crippen LogP contribution in [-0.2, 0) is 4.74 Å². The number of benzene rings is 2. The van der Waals surface area contributed by atoms with Crippen molar-refractivity contribution in [3.63, 3.8) is 0 Å². The van der Waals surface area contributed by atoms with E-state index >= 15 is 0 Å². The molecule has 4 rings (SSSR count). The fourth-order valence-electron chi connectivity index (χ4n) is 3.18. The van der Waals surface area contributed by atoms with E-state index in [1.54, 1.807) is 6.07 Å². The number of hydrogen-bond donors (Lipinski definition) is 1. The van der Waals surface area contributed by atoms with E-state index in [4.69, 9.17) is 25.8 Å². The van der Waals surface area contributed by atoms with E-state index in [1.165, 1.54) is 18.5 Å². The molecule has 8 heteroatoms. The number of halogens is 2. The summed E-state index contributed by atoms with van der Waals surface area (Å²) < 4.78 is 31.0. The van der Waals surface area contributed by atoms with Crippen molar-refractivity contribution in [3.05, 3.63) is 47.5 Å². The van der Waals surface area contributed by atoms with Crippen molar-refractivity contribution in [2.45, 2.75) is 32.5 Å². The smallest absolute Gasteiger partial charge is 0.200 e. The van der Waals surface area contributed by atoms with E-state index in [1.807, 2.05) is 19.1 Å². The van der Waals surface area contributed by atoms with Gasteiger partial charge in [0.05, 0.1) is 23.8 Å². The molecular weight excluding hydrogens is 397 g/mol. The van der Waals surface area contributed by atoms with E-state index in [-0.39, 0.29) is 11.3 Å². The Hall–Kier alpha value is -2.64. The lowest BCUT2D eigenvalue weighted by molar-refractivity contribution is -0.106. The second kappa shape index (κ2) is 8.80. The largest absolute Gasteiger partial charge is 0.490 e. The normalized spacial score (nSPS) is 16.6. The van der Waals surface area contributed by atoms with Crippen LogP contribution in [0.3, 0.4) is 0 Å². The molecule has 3 aromatic rings. The summed E-state index contributed by atoms with van der Waals surface area (Å²) in [6.45, 7) is 3.09. The molecular formula is C21H21ClFN3O3. The van der Waals surface area contributed by atoms with E-state index in [2.05, 4.69) is 15.3 Å². The first-order valence-electron chi connectivity index (χ1n) is 9.56. The van der Waals surface area contributed by atoms with Gasteiger partial charge in [-0.25, -0.2) is 14.4 Å². The third kappa shape index (κ3) is 4.52. The SMILES string of the molecule is CCOc1cc2ncnc(Nc3ccc(F)c(Cl)c3)c2cc1OC1CCCCO1. The molecule has 2 aromatic carbocycles. The quantitative estimate of drug-likeness (QED) is 0.573. The molecule has 1 unspecified atom stereocenters. The van der Waals surface area contributed by atoms with Gasteiger partial charge in [0.2, 0.25) is 0 Å². The Morgan fingerprint density at radius 2 is 2.10 bits per heavy atom. The van der Waals surface area contributed by atoms with Crippen LogP contribution in [0.5, 0.6) is 11.5 Å². The van der Waals surface area contributed by atoms with Crippen molar-refractivity contribution in [1.29, 1.82) is 0 Å². The predicted octanol–water partition coefficient (Wildman–Crippen LogP) is 5.47. The van der Waals surface area contributed by atoms with Crippen LogP contribution in [0.1, 0.15) is 26.2 Å². The van der Waals surface area contributed by atoms with Crippen LogP contribution in [0.2, 0.25) is 5.02 Å². The Balaban J connectivity index is 1.71. The second-order valence-corrected chi connectivity index (χ2v) is 7.05. The van der Waals surface area contributed by atoms with E-state index < -0.39 is 5.82 Å². The highest BCUT2D eigenvalue weighted by Gasteiger charge is 2.19. The molecule has 152 valence electrons. The van der Waals surface area contributed by atoms with Crippen LogP contribution < -0.4 is 14.8 Å². The maximum Gasteiger partial charge on any atom is 0.200 e. The Kier molecular flexibility index (Phi) is 5.97. The Morgan fingerprint density at radius 3 is 2.86 bits per heavy atom. The third-order valence-electron chi connectivity index (χ3n) is 4.58. The van der Waals surface area contributed by atoms with E-state index in [0.29, 0.717) is 41.7 Å². The molecule has 0 saturated carbocycles. The first-order valence-corrected chi connectivity index (χ1v) is 9.93. The topological polar surface area (TPSA) is 65.5 Å². The number of rotatable bonds is 6. The Labute approximate surface area is 173 Å². The van der Waals surface area contributed by atoms with Crippen LogP contribution in [0, 0.1) is 5.82 Å². The van der Waals surface area contributed by atoms with Gasteiger partial charge in [-0.2, -0.15) is 0 Å². The van der Waals surface area contributed by atoms with Crippen LogP contribution in [0.25, 0.3) is 10.9 Å². The van der Waals surface area contributed by atoms with Crippen LogP contribution in [0.4, 0.5) is 15.9 Å². The average molecular weight is 418 g/mol. The molecule has 2 heterocycles. The minimum atomic E-state index is -0.478. The molecule has 1 aliphatic heterocycles. The van der Waals surface area contributed by atoms with E-state index in [0.717, 1.165) is 24.6 Å². The maximum absolute atomic E-state index is 13.5. The molecule has 1 aliphatic rings. The number of anilines is 2. The van der Waals surface area contributed by atoms with Crippen LogP contribution in [-0.4, -0.2) is 29.5 Å². The molecule has 1 atom stereocenters. The highest BCUT2D eigenvalue weighted by Crippen LogP contribution is 2.36. The molecule has 1 N–H and O–H groups in total. The van der Waals surface area contributed by atoms with Gasteiger partial charge in [0.1, 0.15) is 18.0 Å². The lowest BCUT2D eigenvalue weighted by atomic mass is 10.2. The van der Waals surface area contributed by atoms with Gasteiger partial charge in [0.15, 0.2) is 17.8 Å². The molecule has 0 bridgehead atoms. The van der Waals surface area contributed by atoms with Crippen LogP contribution in [0.15, 0.2) is 36.7 Å². The monoisotopic (exact) mass is 417 g/mol. The number of nitrogens with zero attached hydrogens (tertiary/aromatic N) is 2. The number of hydrogen-bond acceptors (Lipinski definition) is 6. The fourth-order valence-corrected chi connectivity index (χ4v) is 3.36. The molecule has 0 radical (unpaired) electrons. The van der Waals surface area contributed by atoms with Gasteiger partial charge in [0, 0.05) is 23.6 Å². The molecule has 0 amide bonds. The van der Waals surface area contributed by atoms with Crippen molar-refractivity contribution in [1.82, 2.24) is 9.97 Å². The Morgan fingerprint density at radius 1 is 1.21 bits per heavy atom. The van der Waals surface area contributed by atoms with Crippen LogP contribution >= 0.6 is 11.6 Å². The highest BCUT2D eigenvalue weighted by atomic mass is 35.5. The third-order valence-corrected chi connectivity index (χ3v) is 4.87. The zero-order chi connectivity index (χ0) is 20.2. The standard InChI is InChI=1S/C21H21ClFN3O3/c1-2-27-18-11-17-14(10-19(18)29-20-5-3-4-8-28-20)21(25-12-24-17)26-13-6-7-16(23)15(22)9-13/h6-7,9-12,20H,2-5,8H2,1H3,(H,24,25,26). The maximum atomic E-state index is 13.5. The van der Waals surface area contributed by atoms with Crippen molar-refractivity contribution in [3.8, 4) is 11.5 Å². The molecule has 0 aliphatic carbocycles. The first-order chi connectivity index (χ1) is 14.1. The second-order valence-electron chi connectivity index (χ2n) is 6.64. The number of aromatic nitrogens is 2. The molecule has 6 nitrogen and oxygen atoms in total. The minimum Gasteiger partial charge on any atom is -0.490 e. The van der Waals surface area contributed by atoms with Gasteiger partial charge < -0.3 is 19.5 Å². The fraction of sp³-hybridized carbons (Fsp3) is 0.333. The molecule has 0 spiro atoms.